The van der Waals surface area contributed by atoms with E-state index in [1.165, 1.54) is 13.2 Å². The molecular weight excluding hydrogens is 194 g/mol. The van der Waals surface area contributed by atoms with Crippen molar-refractivity contribution in [3.63, 3.8) is 0 Å². The highest BCUT2D eigenvalue weighted by atomic mass is 16.5. The van der Waals surface area contributed by atoms with Crippen LogP contribution in [-0.4, -0.2) is 23.2 Å². The van der Waals surface area contributed by atoms with Crippen molar-refractivity contribution in [2.24, 2.45) is 0 Å². The van der Waals surface area contributed by atoms with E-state index in [-0.39, 0.29) is 5.56 Å². The molecule has 76 valence electrons. The first-order valence-electron chi connectivity index (χ1n) is 4.37. The average molecular weight is 203 g/mol. The van der Waals surface area contributed by atoms with E-state index in [0.29, 0.717) is 5.75 Å². The quantitative estimate of drug-likeness (QED) is 0.810. The van der Waals surface area contributed by atoms with Gasteiger partial charge < -0.3 is 9.84 Å². The van der Waals surface area contributed by atoms with Gasteiger partial charge >= 0.3 is 5.97 Å². The Morgan fingerprint density at radius 1 is 1.47 bits per heavy atom. The van der Waals surface area contributed by atoms with Crippen molar-refractivity contribution in [2.75, 3.05) is 7.11 Å². The van der Waals surface area contributed by atoms with Crippen molar-refractivity contribution in [3.05, 3.63) is 36.2 Å². The summed E-state index contributed by atoms with van der Waals surface area (Å²) in [5.41, 5.74) is 0.201. The number of hydrogen-bond acceptors (Lipinski definition) is 3. The highest BCUT2D eigenvalue weighted by Crippen LogP contribution is 2.26. The maximum Gasteiger partial charge on any atom is 0.335 e. The SMILES string of the molecule is COc1cc(C(=O)O)cc2cnccc12. The molecule has 0 aliphatic heterocycles. The second-order valence-corrected chi connectivity index (χ2v) is 3.08. The van der Waals surface area contributed by atoms with E-state index < -0.39 is 5.97 Å². The van der Waals surface area contributed by atoms with Gasteiger partial charge in [0, 0.05) is 23.2 Å². The van der Waals surface area contributed by atoms with Crippen LogP contribution in [-0.2, 0) is 0 Å². The van der Waals surface area contributed by atoms with Crippen molar-refractivity contribution < 1.29 is 14.6 Å². The highest BCUT2D eigenvalue weighted by Gasteiger charge is 2.08. The number of pyridine rings is 1. The molecule has 0 fully saturated rings. The van der Waals surface area contributed by atoms with Crippen molar-refractivity contribution in [3.8, 4) is 5.75 Å². The van der Waals surface area contributed by atoms with Gasteiger partial charge in [0.05, 0.1) is 12.7 Å². The molecule has 0 bridgehead atoms. The van der Waals surface area contributed by atoms with Gasteiger partial charge in [-0.05, 0) is 18.2 Å². The van der Waals surface area contributed by atoms with Gasteiger partial charge in [-0.1, -0.05) is 0 Å². The third kappa shape index (κ3) is 1.61. The molecule has 15 heavy (non-hydrogen) atoms. The van der Waals surface area contributed by atoms with E-state index in [1.807, 2.05) is 0 Å². The van der Waals surface area contributed by atoms with Crippen LogP contribution in [0.25, 0.3) is 10.8 Å². The average Bonchev–Trinajstić information content (AvgIpc) is 2.27. The van der Waals surface area contributed by atoms with Gasteiger partial charge in [0.15, 0.2) is 0 Å². The summed E-state index contributed by atoms with van der Waals surface area (Å²) < 4.78 is 5.13. The molecule has 0 radical (unpaired) electrons. The van der Waals surface area contributed by atoms with Crippen molar-refractivity contribution >= 4 is 16.7 Å². The fourth-order valence-corrected chi connectivity index (χ4v) is 1.47. The third-order valence-corrected chi connectivity index (χ3v) is 2.18. The van der Waals surface area contributed by atoms with Crippen LogP contribution in [0, 0.1) is 0 Å². The van der Waals surface area contributed by atoms with Gasteiger partial charge in [-0.15, -0.1) is 0 Å². The molecular formula is C11H9NO3. The zero-order chi connectivity index (χ0) is 10.8. The van der Waals surface area contributed by atoms with Crippen molar-refractivity contribution in [1.82, 2.24) is 4.98 Å². The Morgan fingerprint density at radius 2 is 2.27 bits per heavy atom. The first-order valence-corrected chi connectivity index (χ1v) is 4.37. The lowest BCUT2D eigenvalue weighted by molar-refractivity contribution is 0.0696. The van der Waals surface area contributed by atoms with Crippen molar-refractivity contribution in [2.45, 2.75) is 0 Å². The van der Waals surface area contributed by atoms with Crippen LogP contribution in [0.1, 0.15) is 10.4 Å². The summed E-state index contributed by atoms with van der Waals surface area (Å²) in [6, 6.07) is 4.87. The summed E-state index contributed by atoms with van der Waals surface area (Å²) >= 11 is 0. The largest absolute Gasteiger partial charge is 0.496 e. The van der Waals surface area contributed by atoms with Crippen LogP contribution in [0.15, 0.2) is 30.6 Å². The number of rotatable bonds is 2. The molecule has 1 N–H and O–H groups in total. The highest BCUT2D eigenvalue weighted by molar-refractivity contribution is 5.97. The fourth-order valence-electron chi connectivity index (χ4n) is 1.47. The van der Waals surface area contributed by atoms with Gasteiger partial charge in [0.25, 0.3) is 0 Å². The summed E-state index contributed by atoms with van der Waals surface area (Å²) in [4.78, 5) is 14.8. The molecule has 0 spiro atoms. The van der Waals surface area contributed by atoms with Crippen LogP contribution in [0.5, 0.6) is 5.75 Å². The first kappa shape index (κ1) is 9.45. The van der Waals surface area contributed by atoms with Crippen LogP contribution in [0.4, 0.5) is 0 Å². The van der Waals surface area contributed by atoms with Gasteiger partial charge in [-0.25, -0.2) is 4.79 Å². The topological polar surface area (TPSA) is 59.4 Å². The monoisotopic (exact) mass is 203 g/mol. The molecule has 2 rings (SSSR count). The maximum absolute atomic E-state index is 10.8. The lowest BCUT2D eigenvalue weighted by atomic mass is 10.1. The number of aromatic nitrogens is 1. The number of hydrogen-bond donors (Lipinski definition) is 1. The number of fused-ring (bicyclic) bond motifs is 1. The van der Waals surface area contributed by atoms with E-state index in [2.05, 4.69) is 4.98 Å². The minimum absolute atomic E-state index is 0.201. The van der Waals surface area contributed by atoms with E-state index in [4.69, 9.17) is 9.84 Å². The summed E-state index contributed by atoms with van der Waals surface area (Å²) in [5, 5.41) is 10.5. The van der Waals surface area contributed by atoms with Gasteiger partial charge in [0.2, 0.25) is 0 Å². The molecule has 1 aromatic carbocycles. The zero-order valence-electron chi connectivity index (χ0n) is 8.10. The number of methoxy groups -OCH3 is 1. The summed E-state index contributed by atoms with van der Waals surface area (Å²) in [7, 11) is 1.51. The molecule has 2 aromatic rings. The number of aromatic carboxylic acids is 1. The van der Waals surface area contributed by atoms with Crippen LogP contribution in [0.2, 0.25) is 0 Å². The molecule has 0 atom stereocenters. The van der Waals surface area contributed by atoms with Crippen LogP contribution < -0.4 is 4.74 Å². The molecule has 1 aromatic heterocycles. The molecule has 0 unspecified atom stereocenters. The Balaban J connectivity index is 2.77. The predicted molar refractivity (Wildman–Crippen MR) is 55.3 cm³/mol. The Hall–Kier alpha value is -2.10. The molecule has 0 saturated carbocycles. The molecule has 0 aliphatic carbocycles. The molecule has 0 amide bonds. The first-order chi connectivity index (χ1) is 7.22. The zero-order valence-corrected chi connectivity index (χ0v) is 8.10. The Bertz CT molecular complexity index is 522. The van der Waals surface area contributed by atoms with Crippen LogP contribution >= 0.6 is 0 Å². The van der Waals surface area contributed by atoms with E-state index in [0.717, 1.165) is 10.8 Å². The number of carbonyl (C=O) groups is 1. The molecule has 1 heterocycles. The second-order valence-electron chi connectivity index (χ2n) is 3.08. The standard InChI is InChI=1S/C11H9NO3/c1-15-10-5-7(11(13)14)4-8-6-12-3-2-9(8)10/h2-6H,1H3,(H,13,14). The number of carboxylic acid groups (broad SMARTS) is 1. The number of benzene rings is 1. The lowest BCUT2D eigenvalue weighted by Gasteiger charge is -2.06. The lowest BCUT2D eigenvalue weighted by Crippen LogP contribution is -1.97. The summed E-state index contributed by atoms with van der Waals surface area (Å²) in [5.74, 6) is -0.425. The Kier molecular flexibility index (Phi) is 2.25. The number of ether oxygens (including phenoxy) is 1. The normalized spacial score (nSPS) is 10.2. The number of nitrogens with zero attached hydrogens (tertiary/aromatic N) is 1. The third-order valence-electron chi connectivity index (χ3n) is 2.18. The summed E-state index contributed by atoms with van der Waals surface area (Å²) in [6.07, 6.45) is 3.26. The van der Waals surface area contributed by atoms with E-state index >= 15 is 0 Å². The van der Waals surface area contributed by atoms with Crippen molar-refractivity contribution in [1.29, 1.82) is 0 Å². The molecule has 4 heteroatoms. The summed E-state index contributed by atoms with van der Waals surface area (Å²) in [6.45, 7) is 0. The molecule has 4 nitrogen and oxygen atoms in total. The molecule has 0 aliphatic rings. The van der Waals surface area contributed by atoms with Gasteiger partial charge in [-0.2, -0.15) is 0 Å². The van der Waals surface area contributed by atoms with Gasteiger partial charge in [-0.3, -0.25) is 4.98 Å². The van der Waals surface area contributed by atoms with Gasteiger partial charge in [0.1, 0.15) is 5.75 Å². The van der Waals surface area contributed by atoms with E-state index in [1.54, 1.807) is 24.5 Å². The maximum atomic E-state index is 10.8. The van der Waals surface area contributed by atoms with Crippen LogP contribution in [0.3, 0.4) is 0 Å². The second kappa shape index (κ2) is 3.57. The minimum Gasteiger partial charge on any atom is -0.496 e. The predicted octanol–water partition coefficient (Wildman–Crippen LogP) is 1.94. The molecule has 0 saturated heterocycles. The smallest absolute Gasteiger partial charge is 0.335 e. The fraction of sp³-hybridized carbons (Fsp3) is 0.0909. The van der Waals surface area contributed by atoms with E-state index in [9.17, 15) is 4.79 Å². The Morgan fingerprint density at radius 3 is 2.93 bits per heavy atom. The minimum atomic E-state index is -0.973. The number of carboxylic acids is 1. The Labute approximate surface area is 86.1 Å².